The maximum atomic E-state index is 4.46. The van der Waals surface area contributed by atoms with Gasteiger partial charge in [0.25, 0.3) is 0 Å². The summed E-state index contributed by atoms with van der Waals surface area (Å²) < 4.78 is 0. The molecule has 0 fully saturated rings. The fourth-order valence-electron chi connectivity index (χ4n) is 2.51. The van der Waals surface area contributed by atoms with Crippen LogP contribution in [0.15, 0.2) is 24.8 Å². The quantitative estimate of drug-likeness (QED) is 0.523. The van der Waals surface area contributed by atoms with Crippen LogP contribution in [-0.4, -0.2) is 11.5 Å². The Morgan fingerprint density at radius 1 is 1.21 bits per heavy atom. The normalized spacial score (nSPS) is 12.4. The van der Waals surface area contributed by atoms with Crippen molar-refractivity contribution in [3.63, 3.8) is 0 Å². The van der Waals surface area contributed by atoms with Crippen molar-refractivity contribution >= 4 is 0 Å². The summed E-state index contributed by atoms with van der Waals surface area (Å²) in [6.07, 6.45) is 8.17. The first-order valence-electron chi connectivity index (χ1n) is 7.46. The van der Waals surface area contributed by atoms with Crippen LogP contribution in [-0.2, 0) is 0 Å². The second kappa shape index (κ2) is 8.87. The first-order chi connectivity index (χ1) is 9.17. The predicted molar refractivity (Wildman–Crippen MR) is 83.4 cm³/mol. The summed E-state index contributed by atoms with van der Waals surface area (Å²) in [6.45, 7) is 11.1. The minimum Gasteiger partial charge on any atom is -0.310 e. The summed E-state index contributed by atoms with van der Waals surface area (Å²) in [7, 11) is 0. The van der Waals surface area contributed by atoms with Crippen LogP contribution >= 0.6 is 0 Å². The van der Waals surface area contributed by atoms with Gasteiger partial charge >= 0.3 is 0 Å². The second-order valence-corrected chi connectivity index (χ2v) is 5.22. The summed E-state index contributed by atoms with van der Waals surface area (Å²) in [4.78, 5) is 4.46. The molecule has 0 aliphatic rings. The topological polar surface area (TPSA) is 24.9 Å². The molecule has 2 heteroatoms. The van der Waals surface area contributed by atoms with Crippen LogP contribution in [0.25, 0.3) is 0 Å². The molecule has 0 aliphatic carbocycles. The highest BCUT2D eigenvalue weighted by Gasteiger charge is 2.11. The first kappa shape index (κ1) is 15.9. The third kappa shape index (κ3) is 6.02. The molecule has 0 spiro atoms. The van der Waals surface area contributed by atoms with Gasteiger partial charge < -0.3 is 5.32 Å². The summed E-state index contributed by atoms with van der Waals surface area (Å²) in [5, 5.41) is 3.60. The zero-order chi connectivity index (χ0) is 14.1. The molecule has 1 unspecified atom stereocenters. The Bertz CT molecular complexity index is 365. The molecular formula is C17H28N2. The van der Waals surface area contributed by atoms with Crippen molar-refractivity contribution in [1.29, 1.82) is 0 Å². The molecule has 1 N–H and O–H groups in total. The average Bonchev–Trinajstić information content (AvgIpc) is 2.36. The number of aromatic nitrogens is 1. The summed E-state index contributed by atoms with van der Waals surface area (Å²) in [5.74, 6) is 0. The van der Waals surface area contributed by atoms with Crippen molar-refractivity contribution < 1.29 is 0 Å². The van der Waals surface area contributed by atoms with Gasteiger partial charge in [0.2, 0.25) is 0 Å². The lowest BCUT2D eigenvalue weighted by Crippen LogP contribution is -2.21. The zero-order valence-electron chi connectivity index (χ0n) is 12.7. The fourth-order valence-corrected chi connectivity index (χ4v) is 2.51. The van der Waals surface area contributed by atoms with Crippen LogP contribution in [0.1, 0.15) is 62.0 Å². The molecule has 1 atom stereocenters. The van der Waals surface area contributed by atoms with Gasteiger partial charge in [-0.3, -0.25) is 4.98 Å². The molecule has 0 saturated carbocycles. The van der Waals surface area contributed by atoms with Crippen LogP contribution in [0.2, 0.25) is 0 Å². The van der Waals surface area contributed by atoms with E-state index < -0.39 is 0 Å². The largest absolute Gasteiger partial charge is 0.310 e. The molecule has 0 bridgehead atoms. The number of allylic oxidation sites excluding steroid dienone is 1. The lowest BCUT2D eigenvalue weighted by Gasteiger charge is -2.19. The highest BCUT2D eigenvalue weighted by Crippen LogP contribution is 2.21. The molecule has 2 nitrogen and oxygen atoms in total. The van der Waals surface area contributed by atoms with E-state index in [0.29, 0.717) is 6.04 Å². The van der Waals surface area contributed by atoms with E-state index in [9.17, 15) is 0 Å². The number of hydrogen-bond donors (Lipinski definition) is 1. The van der Waals surface area contributed by atoms with Crippen LogP contribution in [0.3, 0.4) is 0 Å². The molecule has 106 valence electrons. The molecule has 0 saturated heterocycles. The molecule has 1 aromatic heterocycles. The standard InChI is InChI=1S/C17H28N2/c1-5-7-8-9-10-11-17(18-6-2)16-12-14(3)19-15(4)13-16/h5,12-13,17-18H,1,6-11H2,2-4H3. The number of nitrogens with zero attached hydrogens (tertiary/aromatic N) is 1. The van der Waals surface area contributed by atoms with Crippen molar-refractivity contribution in [3.05, 3.63) is 41.7 Å². The molecular weight excluding hydrogens is 232 g/mol. The summed E-state index contributed by atoms with van der Waals surface area (Å²) in [5.41, 5.74) is 3.62. The summed E-state index contributed by atoms with van der Waals surface area (Å²) in [6, 6.07) is 4.89. The Morgan fingerprint density at radius 2 is 1.89 bits per heavy atom. The van der Waals surface area contributed by atoms with Gasteiger partial charge in [-0.2, -0.15) is 0 Å². The van der Waals surface area contributed by atoms with Gasteiger partial charge in [0.1, 0.15) is 0 Å². The van der Waals surface area contributed by atoms with Crippen LogP contribution in [0, 0.1) is 13.8 Å². The Balaban J connectivity index is 2.57. The third-order valence-corrected chi connectivity index (χ3v) is 3.36. The molecule has 1 aromatic rings. The Labute approximate surface area is 118 Å². The van der Waals surface area contributed by atoms with Gasteiger partial charge in [0.15, 0.2) is 0 Å². The van der Waals surface area contributed by atoms with Gasteiger partial charge in [-0.1, -0.05) is 25.8 Å². The van der Waals surface area contributed by atoms with Crippen molar-refractivity contribution in [2.24, 2.45) is 0 Å². The number of hydrogen-bond acceptors (Lipinski definition) is 2. The van der Waals surface area contributed by atoms with Crippen molar-refractivity contribution in [2.75, 3.05) is 6.54 Å². The Hall–Kier alpha value is -1.15. The van der Waals surface area contributed by atoms with Crippen molar-refractivity contribution in [2.45, 2.75) is 58.9 Å². The van der Waals surface area contributed by atoms with E-state index in [0.717, 1.165) is 24.4 Å². The first-order valence-corrected chi connectivity index (χ1v) is 7.46. The van der Waals surface area contributed by atoms with E-state index in [-0.39, 0.29) is 0 Å². The molecule has 1 rings (SSSR count). The van der Waals surface area contributed by atoms with E-state index in [1.54, 1.807) is 0 Å². The number of aryl methyl sites for hydroxylation is 2. The Kier molecular flexibility index (Phi) is 7.42. The minimum absolute atomic E-state index is 0.467. The SMILES string of the molecule is C=CCCCCCC(NCC)c1cc(C)nc(C)c1. The van der Waals surface area contributed by atoms with Gasteiger partial charge in [0.05, 0.1) is 0 Å². The zero-order valence-corrected chi connectivity index (χ0v) is 12.7. The predicted octanol–water partition coefficient (Wildman–Crippen LogP) is 4.49. The van der Waals surface area contributed by atoms with E-state index >= 15 is 0 Å². The van der Waals surface area contributed by atoms with Crippen LogP contribution in [0.4, 0.5) is 0 Å². The molecule has 19 heavy (non-hydrogen) atoms. The van der Waals surface area contributed by atoms with Gasteiger partial charge in [0, 0.05) is 17.4 Å². The van der Waals surface area contributed by atoms with Gasteiger partial charge in [-0.15, -0.1) is 6.58 Å². The van der Waals surface area contributed by atoms with E-state index in [2.05, 4.69) is 49.8 Å². The highest BCUT2D eigenvalue weighted by molar-refractivity contribution is 5.23. The van der Waals surface area contributed by atoms with Crippen LogP contribution < -0.4 is 5.32 Å². The molecule has 1 heterocycles. The van der Waals surface area contributed by atoms with E-state index in [1.807, 2.05) is 6.08 Å². The van der Waals surface area contributed by atoms with Crippen molar-refractivity contribution in [1.82, 2.24) is 10.3 Å². The number of rotatable bonds is 9. The second-order valence-electron chi connectivity index (χ2n) is 5.22. The van der Waals surface area contributed by atoms with Crippen molar-refractivity contribution in [3.8, 4) is 0 Å². The number of pyridine rings is 1. The lowest BCUT2D eigenvalue weighted by molar-refractivity contribution is 0.483. The minimum atomic E-state index is 0.467. The van der Waals surface area contributed by atoms with E-state index in [4.69, 9.17) is 0 Å². The maximum Gasteiger partial charge on any atom is 0.0379 e. The van der Waals surface area contributed by atoms with E-state index in [1.165, 1.54) is 31.2 Å². The molecule has 0 aliphatic heterocycles. The fraction of sp³-hybridized carbons (Fsp3) is 0.588. The molecule has 0 aromatic carbocycles. The smallest absolute Gasteiger partial charge is 0.0379 e. The highest BCUT2D eigenvalue weighted by atomic mass is 14.9. The number of unbranched alkanes of at least 4 members (excludes halogenated alkanes) is 3. The summed E-state index contributed by atoms with van der Waals surface area (Å²) >= 11 is 0. The third-order valence-electron chi connectivity index (χ3n) is 3.36. The Morgan fingerprint density at radius 3 is 2.47 bits per heavy atom. The van der Waals surface area contributed by atoms with Gasteiger partial charge in [-0.25, -0.2) is 0 Å². The average molecular weight is 260 g/mol. The van der Waals surface area contributed by atoms with Gasteiger partial charge in [-0.05, 0) is 57.4 Å². The lowest BCUT2D eigenvalue weighted by atomic mass is 9.99. The molecule has 0 radical (unpaired) electrons. The van der Waals surface area contributed by atoms with Crippen LogP contribution in [0.5, 0.6) is 0 Å². The maximum absolute atomic E-state index is 4.46. The molecule has 0 amide bonds. The number of nitrogens with one attached hydrogen (secondary N) is 1. The monoisotopic (exact) mass is 260 g/mol.